The van der Waals surface area contributed by atoms with E-state index in [4.69, 9.17) is 0 Å². The Balaban J connectivity index is 2.16. The Hall–Kier alpha value is -2.49. The van der Waals surface area contributed by atoms with Gasteiger partial charge in [0, 0.05) is 22.7 Å². The van der Waals surface area contributed by atoms with Crippen LogP contribution in [0.5, 0.6) is 0 Å². The van der Waals surface area contributed by atoms with Crippen molar-refractivity contribution in [1.82, 2.24) is 15.2 Å². The summed E-state index contributed by atoms with van der Waals surface area (Å²) in [5, 5.41) is 7.51. The van der Waals surface area contributed by atoms with Crippen molar-refractivity contribution in [3.63, 3.8) is 0 Å². The standard InChI is InChI=1S/C14H11N3O/c1-9-2-3-10-8-11(4-5-12(10)15-9)13-6-7-14(18)17-16-13/h2-8H,1H3,(H,17,18). The lowest BCUT2D eigenvalue weighted by Crippen LogP contribution is -2.05. The molecule has 88 valence electrons. The van der Waals surface area contributed by atoms with Gasteiger partial charge >= 0.3 is 0 Å². The summed E-state index contributed by atoms with van der Waals surface area (Å²) in [6.07, 6.45) is 0. The lowest BCUT2D eigenvalue weighted by molar-refractivity contribution is 0.995. The average molecular weight is 237 g/mol. The van der Waals surface area contributed by atoms with Crippen LogP contribution in [0.3, 0.4) is 0 Å². The van der Waals surface area contributed by atoms with Crippen LogP contribution in [0.15, 0.2) is 47.3 Å². The number of rotatable bonds is 1. The van der Waals surface area contributed by atoms with Crippen molar-refractivity contribution in [2.75, 3.05) is 0 Å². The van der Waals surface area contributed by atoms with Gasteiger partial charge in [-0.05, 0) is 31.2 Å². The molecule has 2 aromatic heterocycles. The predicted octanol–water partition coefficient (Wildman–Crippen LogP) is 2.29. The highest BCUT2D eigenvalue weighted by Crippen LogP contribution is 2.21. The topological polar surface area (TPSA) is 58.6 Å². The second-order valence-corrected chi connectivity index (χ2v) is 4.17. The number of hydrogen-bond donors (Lipinski definition) is 1. The second kappa shape index (κ2) is 4.07. The van der Waals surface area contributed by atoms with Gasteiger partial charge in [-0.1, -0.05) is 12.1 Å². The number of aryl methyl sites for hydroxylation is 1. The molecule has 0 amide bonds. The summed E-state index contributed by atoms with van der Waals surface area (Å²) in [5.41, 5.74) is 3.47. The smallest absolute Gasteiger partial charge is 0.264 e. The van der Waals surface area contributed by atoms with Gasteiger partial charge in [-0.15, -0.1) is 0 Å². The molecule has 0 aliphatic carbocycles. The van der Waals surface area contributed by atoms with Gasteiger partial charge in [0.05, 0.1) is 11.2 Å². The van der Waals surface area contributed by atoms with E-state index in [1.54, 1.807) is 6.07 Å². The fraction of sp³-hybridized carbons (Fsp3) is 0.0714. The van der Waals surface area contributed by atoms with Crippen molar-refractivity contribution < 1.29 is 0 Å². The summed E-state index contributed by atoms with van der Waals surface area (Å²) in [6.45, 7) is 1.97. The largest absolute Gasteiger partial charge is 0.268 e. The van der Waals surface area contributed by atoms with Gasteiger partial charge in [0.15, 0.2) is 0 Å². The molecule has 0 aliphatic rings. The highest BCUT2D eigenvalue weighted by molar-refractivity contribution is 5.83. The highest BCUT2D eigenvalue weighted by Gasteiger charge is 2.02. The van der Waals surface area contributed by atoms with Crippen LogP contribution < -0.4 is 5.56 Å². The first-order chi connectivity index (χ1) is 8.72. The Morgan fingerprint density at radius 1 is 1.06 bits per heavy atom. The van der Waals surface area contributed by atoms with Crippen LogP contribution in [0.2, 0.25) is 0 Å². The number of aromatic nitrogens is 3. The Morgan fingerprint density at radius 3 is 2.72 bits per heavy atom. The molecule has 18 heavy (non-hydrogen) atoms. The quantitative estimate of drug-likeness (QED) is 0.706. The maximum atomic E-state index is 11.0. The van der Waals surface area contributed by atoms with Crippen LogP contribution in [0.25, 0.3) is 22.2 Å². The third-order valence-electron chi connectivity index (χ3n) is 2.80. The summed E-state index contributed by atoms with van der Waals surface area (Å²) in [6, 6.07) is 13.1. The monoisotopic (exact) mass is 237 g/mol. The molecule has 0 atom stereocenters. The van der Waals surface area contributed by atoms with Gasteiger partial charge in [-0.2, -0.15) is 5.10 Å². The summed E-state index contributed by atoms with van der Waals surface area (Å²) >= 11 is 0. The van der Waals surface area contributed by atoms with E-state index in [1.807, 2.05) is 37.3 Å². The molecule has 0 aliphatic heterocycles. The van der Waals surface area contributed by atoms with Crippen LogP contribution in [0.4, 0.5) is 0 Å². The molecule has 1 N–H and O–H groups in total. The lowest BCUT2D eigenvalue weighted by Gasteiger charge is -2.03. The van der Waals surface area contributed by atoms with E-state index in [-0.39, 0.29) is 5.56 Å². The maximum Gasteiger partial charge on any atom is 0.264 e. The zero-order chi connectivity index (χ0) is 12.5. The van der Waals surface area contributed by atoms with Gasteiger partial charge < -0.3 is 0 Å². The molecule has 0 saturated carbocycles. The molecule has 0 bridgehead atoms. The number of fused-ring (bicyclic) bond motifs is 1. The molecule has 0 saturated heterocycles. The van der Waals surface area contributed by atoms with Crippen LogP contribution >= 0.6 is 0 Å². The first kappa shape index (κ1) is 10.7. The molecule has 1 aromatic carbocycles. The van der Waals surface area contributed by atoms with Gasteiger partial charge in [-0.3, -0.25) is 9.78 Å². The van der Waals surface area contributed by atoms with E-state index >= 15 is 0 Å². The van der Waals surface area contributed by atoms with E-state index in [2.05, 4.69) is 15.2 Å². The van der Waals surface area contributed by atoms with E-state index < -0.39 is 0 Å². The summed E-state index contributed by atoms with van der Waals surface area (Å²) in [7, 11) is 0. The molecular formula is C14H11N3O. The number of nitrogens with one attached hydrogen (secondary N) is 1. The number of hydrogen-bond acceptors (Lipinski definition) is 3. The first-order valence-corrected chi connectivity index (χ1v) is 5.66. The minimum absolute atomic E-state index is 0.197. The van der Waals surface area contributed by atoms with E-state index in [1.165, 1.54) is 6.07 Å². The number of benzene rings is 1. The summed E-state index contributed by atoms with van der Waals surface area (Å²) in [4.78, 5) is 15.4. The van der Waals surface area contributed by atoms with Crippen molar-refractivity contribution in [2.24, 2.45) is 0 Å². The third kappa shape index (κ3) is 1.88. The van der Waals surface area contributed by atoms with Gasteiger partial charge in [0.2, 0.25) is 0 Å². The zero-order valence-electron chi connectivity index (χ0n) is 9.84. The highest BCUT2D eigenvalue weighted by atomic mass is 16.1. The maximum absolute atomic E-state index is 11.0. The second-order valence-electron chi connectivity index (χ2n) is 4.17. The minimum atomic E-state index is -0.197. The Kier molecular flexibility index (Phi) is 2.41. The fourth-order valence-corrected chi connectivity index (χ4v) is 1.89. The van der Waals surface area contributed by atoms with Crippen molar-refractivity contribution in [3.8, 4) is 11.3 Å². The van der Waals surface area contributed by atoms with Crippen LogP contribution in [-0.2, 0) is 0 Å². The predicted molar refractivity (Wildman–Crippen MR) is 70.3 cm³/mol. The normalized spacial score (nSPS) is 10.7. The molecule has 4 nitrogen and oxygen atoms in total. The minimum Gasteiger partial charge on any atom is -0.268 e. The van der Waals surface area contributed by atoms with E-state index in [9.17, 15) is 4.79 Å². The number of aromatic amines is 1. The Morgan fingerprint density at radius 2 is 1.94 bits per heavy atom. The number of nitrogens with zero attached hydrogens (tertiary/aromatic N) is 2. The molecular weight excluding hydrogens is 226 g/mol. The molecule has 3 aromatic rings. The molecule has 0 spiro atoms. The van der Waals surface area contributed by atoms with Crippen molar-refractivity contribution in [2.45, 2.75) is 6.92 Å². The molecule has 2 heterocycles. The SMILES string of the molecule is Cc1ccc2cc(-c3ccc(=O)[nH]n3)ccc2n1. The number of pyridine rings is 1. The van der Waals surface area contributed by atoms with E-state index in [0.717, 1.165) is 27.9 Å². The zero-order valence-corrected chi connectivity index (χ0v) is 9.84. The van der Waals surface area contributed by atoms with Crippen molar-refractivity contribution in [3.05, 3.63) is 58.5 Å². The molecule has 0 radical (unpaired) electrons. The van der Waals surface area contributed by atoms with E-state index in [0.29, 0.717) is 0 Å². The van der Waals surface area contributed by atoms with Gasteiger partial charge in [0.25, 0.3) is 5.56 Å². The molecule has 3 rings (SSSR count). The van der Waals surface area contributed by atoms with Gasteiger partial charge in [-0.25, -0.2) is 5.10 Å². The van der Waals surface area contributed by atoms with Crippen LogP contribution in [0.1, 0.15) is 5.69 Å². The average Bonchev–Trinajstić information content (AvgIpc) is 2.39. The first-order valence-electron chi connectivity index (χ1n) is 5.66. The fourth-order valence-electron chi connectivity index (χ4n) is 1.89. The molecule has 0 fully saturated rings. The van der Waals surface area contributed by atoms with Crippen LogP contribution in [-0.4, -0.2) is 15.2 Å². The Bertz CT molecular complexity index is 757. The van der Waals surface area contributed by atoms with Gasteiger partial charge in [0.1, 0.15) is 0 Å². The van der Waals surface area contributed by atoms with Crippen molar-refractivity contribution in [1.29, 1.82) is 0 Å². The lowest BCUT2D eigenvalue weighted by atomic mass is 10.1. The number of H-pyrrole nitrogens is 1. The Labute approximate surface area is 103 Å². The van der Waals surface area contributed by atoms with Crippen molar-refractivity contribution >= 4 is 10.9 Å². The summed E-state index contributed by atoms with van der Waals surface area (Å²) in [5.74, 6) is 0. The molecule has 0 unspecified atom stereocenters. The molecule has 4 heteroatoms. The summed E-state index contributed by atoms with van der Waals surface area (Å²) < 4.78 is 0. The van der Waals surface area contributed by atoms with Crippen LogP contribution in [0, 0.1) is 6.92 Å². The third-order valence-corrected chi connectivity index (χ3v) is 2.80.